The summed E-state index contributed by atoms with van der Waals surface area (Å²) in [5.74, 6) is 0. The Hall–Kier alpha value is -0.430. The summed E-state index contributed by atoms with van der Waals surface area (Å²) in [6.45, 7) is 3.07. The maximum Gasteiger partial charge on any atom is 0.252 e. The quantitative estimate of drug-likeness (QED) is 0.716. The van der Waals surface area contributed by atoms with Gasteiger partial charge in [-0.15, -0.1) is 11.3 Å². The molecule has 0 saturated carbocycles. The van der Waals surface area contributed by atoms with Gasteiger partial charge in [0.1, 0.15) is 4.21 Å². The molecule has 6 heteroatoms. The molecule has 1 rings (SSSR count). The second kappa shape index (κ2) is 6.49. The van der Waals surface area contributed by atoms with Crippen molar-refractivity contribution in [2.24, 2.45) is 0 Å². The van der Waals surface area contributed by atoms with Crippen molar-refractivity contribution < 1.29 is 13.2 Å². The lowest BCUT2D eigenvalue weighted by atomic mass is 10.4. The van der Waals surface area contributed by atoms with E-state index in [1.54, 1.807) is 20.2 Å². The lowest BCUT2D eigenvalue weighted by Crippen LogP contribution is -2.27. The number of hydrogen-bond donors (Lipinski definition) is 0. The van der Waals surface area contributed by atoms with E-state index in [0.717, 1.165) is 11.3 Å². The summed E-state index contributed by atoms with van der Waals surface area (Å²) in [6, 6.07) is 3.56. The minimum absolute atomic E-state index is 0.425. The fraction of sp³-hybridized carbons (Fsp3) is 0.636. The summed E-state index contributed by atoms with van der Waals surface area (Å²) in [7, 11) is -0.0925. The molecule has 1 aromatic rings. The summed E-state index contributed by atoms with van der Waals surface area (Å²) in [5, 5.41) is 0. The third-order valence-electron chi connectivity index (χ3n) is 2.47. The predicted molar refractivity (Wildman–Crippen MR) is 70.0 cm³/mol. The SMILES string of the molecule is CCc1ccc(S(=O)(=O)N(C)CCCOC)s1. The van der Waals surface area contributed by atoms with Gasteiger partial charge in [-0.3, -0.25) is 0 Å². The summed E-state index contributed by atoms with van der Waals surface area (Å²) in [4.78, 5) is 1.09. The molecule has 0 radical (unpaired) electrons. The Kier molecular flexibility index (Phi) is 5.58. The summed E-state index contributed by atoms with van der Waals surface area (Å²) in [5.41, 5.74) is 0. The Morgan fingerprint density at radius 3 is 2.65 bits per heavy atom. The standard InChI is InChI=1S/C11H19NO3S2/c1-4-10-6-7-11(16-10)17(13,14)12(2)8-5-9-15-3/h6-7H,4-5,8-9H2,1-3H3. The number of ether oxygens (including phenoxy) is 1. The molecule has 1 aromatic heterocycles. The molecule has 17 heavy (non-hydrogen) atoms. The van der Waals surface area contributed by atoms with Gasteiger partial charge < -0.3 is 4.74 Å². The van der Waals surface area contributed by atoms with Gasteiger partial charge in [-0.2, -0.15) is 0 Å². The molecular weight excluding hydrogens is 258 g/mol. The van der Waals surface area contributed by atoms with Crippen LogP contribution in [-0.4, -0.2) is 40.0 Å². The maximum absolute atomic E-state index is 12.2. The highest BCUT2D eigenvalue weighted by atomic mass is 32.2. The largest absolute Gasteiger partial charge is 0.385 e. The van der Waals surface area contributed by atoms with Crippen LogP contribution in [0.5, 0.6) is 0 Å². The summed E-state index contributed by atoms with van der Waals surface area (Å²) >= 11 is 1.35. The molecule has 0 atom stereocenters. The number of rotatable bonds is 7. The van der Waals surface area contributed by atoms with Gasteiger partial charge in [0.2, 0.25) is 0 Å². The van der Waals surface area contributed by atoms with E-state index in [9.17, 15) is 8.42 Å². The molecule has 0 N–H and O–H groups in total. The molecule has 1 heterocycles. The summed E-state index contributed by atoms with van der Waals surface area (Å²) < 4.78 is 31.0. The first kappa shape index (κ1) is 14.6. The lowest BCUT2D eigenvalue weighted by Gasteiger charge is -2.15. The molecule has 0 aromatic carbocycles. The molecule has 98 valence electrons. The van der Waals surface area contributed by atoms with Gasteiger partial charge in [0, 0.05) is 32.2 Å². The van der Waals surface area contributed by atoms with Crippen molar-refractivity contribution in [2.45, 2.75) is 24.0 Å². The Morgan fingerprint density at radius 2 is 2.12 bits per heavy atom. The molecule has 0 amide bonds. The first-order valence-electron chi connectivity index (χ1n) is 5.56. The van der Waals surface area contributed by atoms with E-state index in [0.29, 0.717) is 23.8 Å². The Labute approximate surface area is 107 Å². The molecule has 0 saturated heterocycles. The van der Waals surface area contributed by atoms with Crippen LogP contribution in [0.1, 0.15) is 18.2 Å². The van der Waals surface area contributed by atoms with Crippen LogP contribution < -0.4 is 0 Å². The summed E-state index contributed by atoms with van der Waals surface area (Å²) in [6.07, 6.45) is 1.58. The van der Waals surface area contributed by atoms with Crippen LogP contribution in [0.15, 0.2) is 16.3 Å². The molecule has 4 nitrogen and oxygen atoms in total. The van der Waals surface area contributed by atoms with Crippen LogP contribution in [-0.2, 0) is 21.2 Å². The van der Waals surface area contributed by atoms with Crippen LogP contribution in [0.3, 0.4) is 0 Å². The van der Waals surface area contributed by atoms with Gasteiger partial charge in [-0.25, -0.2) is 12.7 Å². The second-order valence-corrected chi connectivity index (χ2v) is 7.19. The first-order chi connectivity index (χ1) is 8.02. The smallest absolute Gasteiger partial charge is 0.252 e. The zero-order chi connectivity index (χ0) is 12.9. The fourth-order valence-corrected chi connectivity index (χ4v) is 4.11. The topological polar surface area (TPSA) is 46.6 Å². The van der Waals surface area contributed by atoms with E-state index in [1.165, 1.54) is 15.6 Å². The van der Waals surface area contributed by atoms with Crippen molar-refractivity contribution in [1.29, 1.82) is 0 Å². The lowest BCUT2D eigenvalue weighted by molar-refractivity contribution is 0.189. The molecule has 0 unspecified atom stereocenters. The fourth-order valence-electron chi connectivity index (χ4n) is 1.39. The molecule has 0 aliphatic heterocycles. The Morgan fingerprint density at radius 1 is 1.41 bits per heavy atom. The van der Waals surface area contributed by atoms with Gasteiger partial charge in [0.15, 0.2) is 0 Å². The van der Waals surface area contributed by atoms with E-state index >= 15 is 0 Å². The van der Waals surface area contributed by atoms with Gasteiger partial charge >= 0.3 is 0 Å². The molecule has 0 aliphatic rings. The van der Waals surface area contributed by atoms with Crippen molar-refractivity contribution >= 4 is 21.4 Å². The van der Waals surface area contributed by atoms with Crippen molar-refractivity contribution in [1.82, 2.24) is 4.31 Å². The third kappa shape index (κ3) is 3.77. The number of aryl methyl sites for hydroxylation is 1. The average Bonchev–Trinajstić information content (AvgIpc) is 2.78. The van der Waals surface area contributed by atoms with E-state index in [4.69, 9.17) is 4.74 Å². The number of thiophene rings is 1. The highest BCUT2D eigenvalue weighted by molar-refractivity contribution is 7.91. The monoisotopic (exact) mass is 277 g/mol. The van der Waals surface area contributed by atoms with Crippen molar-refractivity contribution in [3.63, 3.8) is 0 Å². The molecule has 0 bridgehead atoms. The Balaban J connectivity index is 2.73. The average molecular weight is 277 g/mol. The van der Waals surface area contributed by atoms with Gasteiger partial charge in [0.05, 0.1) is 0 Å². The van der Waals surface area contributed by atoms with Gasteiger partial charge in [0.25, 0.3) is 10.0 Å². The predicted octanol–water partition coefficient (Wildman–Crippen LogP) is 1.97. The first-order valence-corrected chi connectivity index (χ1v) is 7.82. The minimum Gasteiger partial charge on any atom is -0.385 e. The number of nitrogens with zero attached hydrogens (tertiary/aromatic N) is 1. The number of methoxy groups -OCH3 is 1. The zero-order valence-electron chi connectivity index (χ0n) is 10.5. The van der Waals surface area contributed by atoms with Crippen molar-refractivity contribution in [3.8, 4) is 0 Å². The van der Waals surface area contributed by atoms with Crippen LogP contribution in [0.25, 0.3) is 0 Å². The van der Waals surface area contributed by atoms with Crippen molar-refractivity contribution in [3.05, 3.63) is 17.0 Å². The molecule has 0 aliphatic carbocycles. The van der Waals surface area contributed by atoms with Crippen LogP contribution in [0.4, 0.5) is 0 Å². The van der Waals surface area contributed by atoms with Crippen LogP contribution in [0.2, 0.25) is 0 Å². The Bertz CT molecular complexity index is 439. The van der Waals surface area contributed by atoms with E-state index in [2.05, 4.69) is 0 Å². The van der Waals surface area contributed by atoms with E-state index in [-0.39, 0.29) is 0 Å². The number of hydrogen-bond acceptors (Lipinski definition) is 4. The molecular formula is C11H19NO3S2. The van der Waals surface area contributed by atoms with E-state index in [1.807, 2.05) is 13.0 Å². The maximum atomic E-state index is 12.2. The molecule has 0 spiro atoms. The highest BCUT2D eigenvalue weighted by Crippen LogP contribution is 2.24. The van der Waals surface area contributed by atoms with Gasteiger partial charge in [-0.1, -0.05) is 6.92 Å². The third-order valence-corrected chi connectivity index (χ3v) is 6.03. The normalized spacial score (nSPS) is 12.2. The van der Waals surface area contributed by atoms with Crippen molar-refractivity contribution in [2.75, 3.05) is 27.3 Å². The molecule has 0 fully saturated rings. The minimum atomic E-state index is -3.31. The van der Waals surface area contributed by atoms with Gasteiger partial charge in [-0.05, 0) is 25.0 Å². The number of sulfonamides is 1. The highest BCUT2D eigenvalue weighted by Gasteiger charge is 2.21. The van der Waals surface area contributed by atoms with E-state index < -0.39 is 10.0 Å². The van der Waals surface area contributed by atoms with Crippen LogP contribution >= 0.6 is 11.3 Å². The second-order valence-electron chi connectivity index (χ2n) is 3.75. The van der Waals surface area contributed by atoms with Crippen LogP contribution in [0, 0.1) is 0 Å². The zero-order valence-corrected chi connectivity index (χ0v) is 12.1.